The molecule has 3 heterocycles. The average molecular weight is 461 g/mol. The largest absolute Gasteiger partial charge is 0.440 e. The minimum atomic E-state index is -0.204. The molecule has 1 aliphatic heterocycles. The number of nitrogens with one attached hydrogen (secondary N) is 1. The van der Waals surface area contributed by atoms with Gasteiger partial charge in [-0.15, -0.1) is 11.3 Å². The standard InChI is InChI=1S/C21H21BrN2O3S/c1-14-18(24-20(27-14)17-6-3-11-28-17)19(25)23-13-21(7-9-26-10-8-21)15-4-2-5-16(22)12-15/h2-6,11-12H,7-10,13H2,1H3,(H,23,25). The summed E-state index contributed by atoms with van der Waals surface area (Å²) in [7, 11) is 0. The molecule has 1 saturated heterocycles. The smallest absolute Gasteiger partial charge is 0.273 e. The number of carbonyl (C=O) groups excluding carboxylic acids is 1. The molecular formula is C21H21BrN2O3S. The number of amides is 1. The van der Waals surface area contributed by atoms with Gasteiger partial charge in [-0.25, -0.2) is 4.98 Å². The van der Waals surface area contributed by atoms with Crippen molar-refractivity contribution >= 4 is 33.2 Å². The van der Waals surface area contributed by atoms with Crippen LogP contribution in [0.25, 0.3) is 10.8 Å². The second kappa shape index (κ2) is 8.19. The lowest BCUT2D eigenvalue weighted by Crippen LogP contribution is -2.44. The van der Waals surface area contributed by atoms with Crippen LogP contribution in [0.2, 0.25) is 0 Å². The number of hydrogen-bond acceptors (Lipinski definition) is 5. The summed E-state index contributed by atoms with van der Waals surface area (Å²) < 4.78 is 12.3. The van der Waals surface area contributed by atoms with Crippen molar-refractivity contribution in [2.24, 2.45) is 0 Å². The minimum absolute atomic E-state index is 0.147. The van der Waals surface area contributed by atoms with Gasteiger partial charge in [-0.3, -0.25) is 4.79 Å². The number of thiophene rings is 1. The molecule has 0 bridgehead atoms. The Kier molecular flexibility index (Phi) is 5.66. The Morgan fingerprint density at radius 2 is 2.11 bits per heavy atom. The second-order valence-corrected chi connectivity index (χ2v) is 8.85. The number of hydrogen-bond donors (Lipinski definition) is 1. The lowest BCUT2D eigenvalue weighted by molar-refractivity contribution is 0.0486. The highest BCUT2D eigenvalue weighted by molar-refractivity contribution is 9.10. The van der Waals surface area contributed by atoms with Gasteiger partial charge in [0.25, 0.3) is 5.91 Å². The molecule has 1 aromatic carbocycles. The first-order valence-electron chi connectivity index (χ1n) is 9.21. The fourth-order valence-electron chi connectivity index (χ4n) is 3.59. The molecule has 0 saturated carbocycles. The van der Waals surface area contributed by atoms with Crippen LogP contribution in [-0.2, 0) is 10.2 Å². The van der Waals surface area contributed by atoms with E-state index in [9.17, 15) is 4.79 Å². The highest BCUT2D eigenvalue weighted by Gasteiger charge is 2.35. The van der Waals surface area contributed by atoms with Crippen LogP contribution in [0.1, 0.15) is 34.7 Å². The Balaban J connectivity index is 1.54. The average Bonchev–Trinajstić information content (AvgIpc) is 3.36. The first kappa shape index (κ1) is 19.4. The topological polar surface area (TPSA) is 64.4 Å². The highest BCUT2D eigenvalue weighted by Crippen LogP contribution is 2.35. The van der Waals surface area contributed by atoms with E-state index < -0.39 is 0 Å². The molecule has 1 amide bonds. The number of aromatic nitrogens is 1. The summed E-state index contributed by atoms with van der Waals surface area (Å²) in [4.78, 5) is 18.2. The summed E-state index contributed by atoms with van der Waals surface area (Å²) in [5.74, 6) is 0.819. The Morgan fingerprint density at radius 1 is 1.29 bits per heavy atom. The fraction of sp³-hybridized carbons (Fsp3) is 0.333. The van der Waals surface area contributed by atoms with Gasteiger partial charge >= 0.3 is 0 Å². The third-order valence-corrected chi connectivity index (χ3v) is 6.57. The van der Waals surface area contributed by atoms with Gasteiger partial charge in [0, 0.05) is 29.6 Å². The SMILES string of the molecule is Cc1oc(-c2cccs2)nc1C(=O)NCC1(c2cccc(Br)c2)CCOCC1. The summed E-state index contributed by atoms with van der Waals surface area (Å²) in [5, 5.41) is 5.06. The normalized spacial score (nSPS) is 16.1. The number of halogens is 1. The molecule has 7 heteroatoms. The van der Waals surface area contributed by atoms with Gasteiger partial charge in [0.2, 0.25) is 5.89 Å². The van der Waals surface area contributed by atoms with E-state index in [2.05, 4.69) is 38.4 Å². The maximum absolute atomic E-state index is 12.9. The summed E-state index contributed by atoms with van der Waals surface area (Å²) in [6, 6.07) is 12.2. The number of carbonyl (C=O) groups is 1. The number of rotatable bonds is 5. The molecular weight excluding hydrogens is 440 g/mol. The van der Waals surface area contributed by atoms with Crippen molar-refractivity contribution in [2.45, 2.75) is 25.2 Å². The highest BCUT2D eigenvalue weighted by atomic mass is 79.9. The number of oxazole rings is 1. The molecule has 0 radical (unpaired) electrons. The van der Waals surface area contributed by atoms with Gasteiger partial charge in [-0.2, -0.15) is 0 Å². The maximum Gasteiger partial charge on any atom is 0.273 e. The van der Waals surface area contributed by atoms with Crippen LogP contribution in [0.3, 0.4) is 0 Å². The number of ether oxygens (including phenoxy) is 1. The Hall–Kier alpha value is -1.96. The molecule has 0 atom stereocenters. The molecule has 1 fully saturated rings. The number of aryl methyl sites for hydroxylation is 1. The van der Waals surface area contributed by atoms with Gasteiger partial charge in [-0.05, 0) is 48.9 Å². The third kappa shape index (κ3) is 3.92. The van der Waals surface area contributed by atoms with Crippen molar-refractivity contribution < 1.29 is 13.9 Å². The van der Waals surface area contributed by atoms with Crippen molar-refractivity contribution in [3.8, 4) is 10.8 Å². The van der Waals surface area contributed by atoms with Gasteiger partial charge < -0.3 is 14.5 Å². The minimum Gasteiger partial charge on any atom is -0.440 e. The van der Waals surface area contributed by atoms with Crippen molar-refractivity contribution in [3.63, 3.8) is 0 Å². The molecule has 1 N–H and O–H groups in total. The number of nitrogens with zero attached hydrogens (tertiary/aromatic N) is 1. The summed E-state index contributed by atoms with van der Waals surface area (Å²) in [6.45, 7) is 3.69. The molecule has 3 aromatic rings. The molecule has 5 nitrogen and oxygen atoms in total. The molecule has 28 heavy (non-hydrogen) atoms. The van der Waals surface area contributed by atoms with Crippen molar-refractivity contribution in [1.82, 2.24) is 10.3 Å². The van der Waals surface area contributed by atoms with E-state index in [1.165, 1.54) is 16.9 Å². The quantitative estimate of drug-likeness (QED) is 0.584. The van der Waals surface area contributed by atoms with E-state index in [0.717, 1.165) is 22.2 Å². The monoisotopic (exact) mass is 460 g/mol. The van der Waals surface area contributed by atoms with Crippen LogP contribution in [0, 0.1) is 6.92 Å². The van der Waals surface area contributed by atoms with E-state index >= 15 is 0 Å². The van der Waals surface area contributed by atoms with Crippen LogP contribution in [0.15, 0.2) is 50.7 Å². The lowest BCUT2D eigenvalue weighted by atomic mass is 9.74. The van der Waals surface area contributed by atoms with E-state index in [1.807, 2.05) is 29.6 Å². The predicted octanol–water partition coefficient (Wildman–Crippen LogP) is 4.95. The van der Waals surface area contributed by atoms with Crippen LogP contribution < -0.4 is 5.32 Å². The molecule has 0 aliphatic carbocycles. The van der Waals surface area contributed by atoms with Crippen LogP contribution in [-0.4, -0.2) is 30.6 Å². The fourth-order valence-corrected chi connectivity index (χ4v) is 4.64. The Morgan fingerprint density at radius 3 is 2.82 bits per heavy atom. The zero-order chi connectivity index (χ0) is 19.6. The Bertz CT molecular complexity index is 962. The second-order valence-electron chi connectivity index (χ2n) is 6.99. The van der Waals surface area contributed by atoms with Crippen LogP contribution >= 0.6 is 27.3 Å². The van der Waals surface area contributed by atoms with Crippen molar-refractivity contribution in [2.75, 3.05) is 19.8 Å². The predicted molar refractivity (Wildman–Crippen MR) is 113 cm³/mol. The van der Waals surface area contributed by atoms with E-state index in [1.54, 1.807) is 6.92 Å². The number of benzene rings is 1. The first-order valence-corrected chi connectivity index (χ1v) is 10.9. The third-order valence-electron chi connectivity index (χ3n) is 5.22. The summed E-state index contributed by atoms with van der Waals surface area (Å²) in [5.41, 5.74) is 1.41. The Labute approximate surface area is 176 Å². The molecule has 1 aliphatic rings. The zero-order valence-electron chi connectivity index (χ0n) is 15.5. The zero-order valence-corrected chi connectivity index (χ0v) is 17.9. The molecule has 0 unspecified atom stereocenters. The molecule has 0 spiro atoms. The van der Waals surface area contributed by atoms with Crippen molar-refractivity contribution in [3.05, 3.63) is 63.3 Å². The van der Waals surface area contributed by atoms with E-state index in [4.69, 9.17) is 9.15 Å². The molecule has 4 rings (SSSR count). The van der Waals surface area contributed by atoms with E-state index in [-0.39, 0.29) is 11.3 Å². The van der Waals surface area contributed by atoms with Crippen LogP contribution in [0.5, 0.6) is 0 Å². The van der Waals surface area contributed by atoms with Crippen LogP contribution in [0.4, 0.5) is 0 Å². The first-order chi connectivity index (χ1) is 13.6. The van der Waals surface area contributed by atoms with Gasteiger partial charge in [0.1, 0.15) is 5.76 Å². The lowest BCUT2D eigenvalue weighted by Gasteiger charge is -2.38. The van der Waals surface area contributed by atoms with Gasteiger partial charge in [0.15, 0.2) is 5.69 Å². The van der Waals surface area contributed by atoms with E-state index in [0.29, 0.717) is 37.1 Å². The summed E-state index contributed by atoms with van der Waals surface area (Å²) >= 11 is 5.10. The molecule has 2 aromatic heterocycles. The molecule has 146 valence electrons. The van der Waals surface area contributed by atoms with Crippen molar-refractivity contribution in [1.29, 1.82) is 0 Å². The maximum atomic E-state index is 12.9. The van der Waals surface area contributed by atoms with Gasteiger partial charge in [-0.1, -0.05) is 34.1 Å². The van der Waals surface area contributed by atoms with Gasteiger partial charge in [0.05, 0.1) is 4.88 Å². The summed E-state index contributed by atoms with van der Waals surface area (Å²) in [6.07, 6.45) is 1.73.